The van der Waals surface area contributed by atoms with Crippen LogP contribution in [0.5, 0.6) is 23.0 Å². The van der Waals surface area contributed by atoms with Crippen molar-refractivity contribution in [1.29, 1.82) is 0 Å². The fraction of sp³-hybridized carbons (Fsp3) is 0.675. The molecule has 0 aromatic carbocycles. The zero-order valence-corrected chi connectivity index (χ0v) is 34.3. The van der Waals surface area contributed by atoms with E-state index in [0.717, 1.165) is 48.8 Å². The van der Waals surface area contributed by atoms with Crippen LogP contribution in [0.3, 0.4) is 0 Å². The maximum atomic E-state index is 13.3. The van der Waals surface area contributed by atoms with Crippen molar-refractivity contribution >= 4 is 18.1 Å². The second-order valence-corrected chi connectivity index (χ2v) is 16.8. The van der Waals surface area contributed by atoms with Gasteiger partial charge in [0.15, 0.2) is 23.0 Å². The van der Waals surface area contributed by atoms with Gasteiger partial charge in [0.25, 0.3) is 0 Å². The minimum Gasteiger partial charge on any atom is -0.486 e. The molecule has 4 aliphatic rings. The van der Waals surface area contributed by atoms with Crippen molar-refractivity contribution in [3.05, 3.63) is 35.9 Å². The summed E-state index contributed by atoms with van der Waals surface area (Å²) in [6, 6.07) is 3.41. The highest BCUT2D eigenvalue weighted by Crippen LogP contribution is 2.32. The van der Waals surface area contributed by atoms with Gasteiger partial charge in [-0.25, -0.2) is 9.59 Å². The van der Waals surface area contributed by atoms with E-state index in [2.05, 4.69) is 15.3 Å². The van der Waals surface area contributed by atoms with Gasteiger partial charge in [0.05, 0.1) is 30.3 Å². The highest BCUT2D eigenvalue weighted by molar-refractivity contribution is 5.81. The second kappa shape index (κ2) is 19.3. The number of nitrogens with one attached hydrogen (secondary N) is 1. The van der Waals surface area contributed by atoms with Gasteiger partial charge < -0.3 is 48.4 Å². The van der Waals surface area contributed by atoms with E-state index in [1.807, 2.05) is 31.7 Å². The molecule has 58 heavy (non-hydrogen) atoms. The highest BCUT2D eigenvalue weighted by Gasteiger charge is 2.43. The number of aromatic nitrogens is 2. The molecule has 6 heterocycles. The Kier molecular flexibility index (Phi) is 14.8. The van der Waals surface area contributed by atoms with Gasteiger partial charge in [-0.3, -0.25) is 14.8 Å². The van der Waals surface area contributed by atoms with Crippen molar-refractivity contribution in [3.8, 4) is 23.0 Å². The summed E-state index contributed by atoms with van der Waals surface area (Å²) in [7, 11) is 0. The molecule has 2 unspecified atom stereocenters. The maximum absolute atomic E-state index is 13.3. The Hall–Kier alpha value is -4.74. The van der Waals surface area contributed by atoms with E-state index >= 15 is 0 Å². The first-order valence-electron chi connectivity index (χ1n) is 19.8. The molecule has 0 aliphatic carbocycles. The number of rotatable bonds is 8. The first-order valence-corrected chi connectivity index (χ1v) is 19.8. The lowest BCUT2D eigenvalue weighted by Crippen LogP contribution is -2.48. The van der Waals surface area contributed by atoms with Gasteiger partial charge in [0, 0.05) is 57.9 Å². The zero-order valence-electron chi connectivity index (χ0n) is 34.3. The third kappa shape index (κ3) is 13.7. The average molecular weight is 823 g/mol. The number of halogens is 3. The lowest BCUT2D eigenvalue weighted by atomic mass is 9.97. The summed E-state index contributed by atoms with van der Waals surface area (Å²) in [4.78, 5) is 49.3. The van der Waals surface area contributed by atoms with Gasteiger partial charge in [-0.1, -0.05) is 0 Å². The lowest BCUT2D eigenvalue weighted by Gasteiger charge is -2.36. The topological polar surface area (TPSA) is 154 Å². The number of carbonyl (C=O) groups excluding carboxylic acids is 3. The Balaban J connectivity index is 0.000000226. The Labute approximate surface area is 337 Å². The van der Waals surface area contributed by atoms with E-state index < -0.39 is 29.4 Å². The summed E-state index contributed by atoms with van der Waals surface area (Å²) in [6.07, 6.45) is 0.680. The summed E-state index contributed by atoms with van der Waals surface area (Å²) in [6.45, 7) is 16.0. The van der Waals surface area contributed by atoms with Crippen molar-refractivity contribution in [1.82, 2.24) is 30.0 Å². The SMILES string of the molecule is CC(C)(C)OC(=O)N1CCCC(CN(Cc2cc3c(cn2)OCCO3)C(=O)C(F)(F)F)C1.CC(C)(C)OC(=O)N1CCCC(CNCc2cc3c(cn2)OCCO3)C1. The standard InChI is InChI=1S/C21H28F3N3O5.C19H29N3O4/c1-20(2,3)32-19(29)26-6-4-5-14(11-26)12-27(18(28)21(22,23)24)13-15-9-16-17(10-25-15)31-8-7-30-16;1-19(2,3)26-18(23)22-6-4-5-14(13-22)10-20-11-15-9-16-17(12-21-15)25-8-7-24-16/h9-10,14H,4-8,11-13H2,1-3H3;9,12,14,20H,4-8,10-11,13H2,1-3H3. The predicted molar refractivity (Wildman–Crippen MR) is 205 cm³/mol. The van der Waals surface area contributed by atoms with Crippen LogP contribution in [0.25, 0.3) is 0 Å². The van der Waals surface area contributed by atoms with Crippen LogP contribution in [-0.2, 0) is 27.4 Å². The Morgan fingerprint density at radius 2 is 1.21 bits per heavy atom. The smallest absolute Gasteiger partial charge is 0.471 e. The van der Waals surface area contributed by atoms with Crippen LogP contribution >= 0.6 is 0 Å². The molecule has 0 radical (unpaired) electrons. The first kappa shape index (κ1) is 44.4. The minimum absolute atomic E-state index is 0.159. The number of hydrogen-bond donors (Lipinski definition) is 1. The van der Waals surface area contributed by atoms with Gasteiger partial charge >= 0.3 is 24.3 Å². The Morgan fingerprint density at radius 1 is 0.741 bits per heavy atom. The second-order valence-electron chi connectivity index (χ2n) is 16.8. The molecular weight excluding hydrogens is 765 g/mol. The van der Waals surface area contributed by atoms with Crippen LogP contribution in [0.4, 0.5) is 22.8 Å². The normalized spacial score (nSPS) is 19.3. The zero-order chi connectivity index (χ0) is 42.1. The van der Waals surface area contributed by atoms with Crippen molar-refractivity contribution in [2.45, 2.75) is 97.7 Å². The molecule has 1 N–H and O–H groups in total. The van der Waals surface area contributed by atoms with E-state index in [4.69, 9.17) is 28.4 Å². The number of likely N-dealkylation sites (tertiary alicyclic amines) is 2. The monoisotopic (exact) mass is 822 g/mol. The fourth-order valence-corrected chi connectivity index (χ4v) is 6.90. The molecule has 322 valence electrons. The number of piperidine rings is 2. The molecule has 4 aliphatic heterocycles. The van der Waals surface area contributed by atoms with E-state index in [1.54, 1.807) is 27.0 Å². The van der Waals surface area contributed by atoms with Crippen LogP contribution in [0.1, 0.15) is 78.6 Å². The molecule has 0 bridgehead atoms. The Morgan fingerprint density at radius 3 is 1.72 bits per heavy atom. The largest absolute Gasteiger partial charge is 0.486 e. The van der Waals surface area contributed by atoms with Crippen LogP contribution in [-0.4, -0.2) is 126 Å². The number of amides is 3. The fourth-order valence-electron chi connectivity index (χ4n) is 6.90. The molecule has 15 nitrogen and oxygen atoms in total. The summed E-state index contributed by atoms with van der Waals surface area (Å²) < 4.78 is 72.6. The number of carbonyl (C=O) groups is 3. The number of hydrogen-bond acceptors (Lipinski definition) is 12. The van der Waals surface area contributed by atoms with Gasteiger partial charge in [-0.2, -0.15) is 13.2 Å². The van der Waals surface area contributed by atoms with Crippen molar-refractivity contribution in [2.75, 3.05) is 65.7 Å². The summed E-state index contributed by atoms with van der Waals surface area (Å²) in [5.41, 5.74) is 0.0546. The molecule has 2 atom stereocenters. The molecule has 3 amide bonds. The van der Waals surface area contributed by atoms with Crippen LogP contribution in [0.2, 0.25) is 0 Å². The van der Waals surface area contributed by atoms with Crippen LogP contribution < -0.4 is 24.3 Å². The summed E-state index contributed by atoms with van der Waals surface area (Å²) >= 11 is 0. The van der Waals surface area contributed by atoms with Gasteiger partial charge in [-0.15, -0.1) is 0 Å². The molecular formula is C40H57F3N6O9. The first-order chi connectivity index (χ1) is 27.3. The van der Waals surface area contributed by atoms with E-state index in [9.17, 15) is 27.6 Å². The lowest BCUT2D eigenvalue weighted by molar-refractivity contribution is -0.187. The summed E-state index contributed by atoms with van der Waals surface area (Å²) in [5, 5.41) is 3.45. The summed E-state index contributed by atoms with van der Waals surface area (Å²) in [5.74, 6) is 0.428. The van der Waals surface area contributed by atoms with E-state index in [0.29, 0.717) is 75.5 Å². The molecule has 18 heteroatoms. The van der Waals surface area contributed by atoms with Crippen molar-refractivity contribution in [2.24, 2.45) is 11.8 Å². The maximum Gasteiger partial charge on any atom is 0.471 e. The molecule has 2 saturated heterocycles. The molecule has 2 aromatic heterocycles. The van der Waals surface area contributed by atoms with Crippen molar-refractivity contribution in [3.63, 3.8) is 0 Å². The van der Waals surface area contributed by atoms with E-state index in [1.165, 1.54) is 17.2 Å². The predicted octanol–water partition coefficient (Wildman–Crippen LogP) is 5.98. The van der Waals surface area contributed by atoms with Gasteiger partial charge in [0.2, 0.25) is 0 Å². The number of fused-ring (bicyclic) bond motifs is 2. The quantitative estimate of drug-likeness (QED) is 0.333. The number of pyridine rings is 2. The number of alkyl halides is 3. The van der Waals surface area contributed by atoms with Crippen LogP contribution in [0, 0.1) is 11.8 Å². The van der Waals surface area contributed by atoms with E-state index in [-0.39, 0.29) is 37.3 Å². The van der Waals surface area contributed by atoms with Crippen molar-refractivity contribution < 1.29 is 56.0 Å². The highest BCUT2D eigenvalue weighted by atomic mass is 19.4. The molecule has 2 aromatic rings. The van der Waals surface area contributed by atoms with Gasteiger partial charge in [0.1, 0.15) is 37.6 Å². The number of nitrogens with zero attached hydrogens (tertiary/aromatic N) is 5. The third-order valence-electron chi connectivity index (χ3n) is 9.41. The molecule has 0 spiro atoms. The molecule has 2 fully saturated rings. The van der Waals surface area contributed by atoms with Gasteiger partial charge in [-0.05, 0) is 79.1 Å². The number of ether oxygens (including phenoxy) is 6. The Bertz CT molecular complexity index is 1720. The third-order valence-corrected chi connectivity index (χ3v) is 9.41. The molecule has 0 saturated carbocycles. The molecule has 6 rings (SSSR count). The average Bonchev–Trinajstić information content (AvgIpc) is 3.16. The van der Waals surface area contributed by atoms with Crippen LogP contribution in [0.15, 0.2) is 24.5 Å². The minimum atomic E-state index is -5.02.